The summed E-state index contributed by atoms with van der Waals surface area (Å²) in [7, 11) is 0. The van der Waals surface area contributed by atoms with Gasteiger partial charge in [0.15, 0.2) is 5.69 Å². The molecule has 0 aliphatic carbocycles. The van der Waals surface area contributed by atoms with Crippen molar-refractivity contribution in [3.8, 4) is 0 Å². The van der Waals surface area contributed by atoms with E-state index < -0.39 is 23.6 Å². The van der Waals surface area contributed by atoms with Gasteiger partial charge in [-0.3, -0.25) is 4.79 Å². The molecule has 1 aromatic heterocycles. The molecular formula is C28H29N3O4. The molecule has 7 heteroatoms. The number of imide groups is 1. The number of rotatable bonds is 6. The zero-order chi connectivity index (χ0) is 25.0. The van der Waals surface area contributed by atoms with Crippen LogP contribution in [0.3, 0.4) is 0 Å². The highest BCUT2D eigenvalue weighted by Gasteiger charge is 2.32. The third kappa shape index (κ3) is 5.94. The van der Waals surface area contributed by atoms with Crippen LogP contribution in [0.5, 0.6) is 0 Å². The van der Waals surface area contributed by atoms with Gasteiger partial charge in [-0.25, -0.2) is 14.7 Å². The maximum absolute atomic E-state index is 13.5. The molecular weight excluding hydrogens is 442 g/mol. The van der Waals surface area contributed by atoms with Crippen LogP contribution in [0.4, 0.5) is 10.5 Å². The van der Waals surface area contributed by atoms with Crippen molar-refractivity contribution in [1.82, 2.24) is 4.98 Å². The second kappa shape index (κ2) is 10.1. The molecule has 0 spiro atoms. The van der Waals surface area contributed by atoms with E-state index in [0.29, 0.717) is 12.1 Å². The Hall–Kier alpha value is -3.97. The first-order valence-electron chi connectivity index (χ1n) is 11.5. The van der Waals surface area contributed by atoms with Crippen LogP contribution < -0.4 is 10.6 Å². The van der Waals surface area contributed by atoms with Crippen molar-refractivity contribution in [3.63, 3.8) is 0 Å². The fourth-order valence-electron chi connectivity index (χ4n) is 3.69. The van der Waals surface area contributed by atoms with E-state index in [4.69, 9.17) is 14.9 Å². The number of hydrogen-bond donors (Lipinski definition) is 1. The summed E-state index contributed by atoms with van der Waals surface area (Å²) in [6.07, 6.45) is 1.78. The molecule has 0 aliphatic rings. The maximum atomic E-state index is 13.5. The normalized spacial score (nSPS) is 12.3. The average Bonchev–Trinajstić information content (AvgIpc) is 3.33. The van der Waals surface area contributed by atoms with Crippen LogP contribution in [0.1, 0.15) is 55.2 Å². The van der Waals surface area contributed by atoms with E-state index in [1.54, 1.807) is 32.9 Å². The number of benzene rings is 3. The van der Waals surface area contributed by atoms with E-state index in [9.17, 15) is 9.59 Å². The summed E-state index contributed by atoms with van der Waals surface area (Å²) in [6, 6.07) is 22.5. The van der Waals surface area contributed by atoms with E-state index in [2.05, 4.69) is 4.98 Å². The Morgan fingerprint density at radius 3 is 2.40 bits per heavy atom. The van der Waals surface area contributed by atoms with Crippen LogP contribution in [-0.2, 0) is 11.2 Å². The van der Waals surface area contributed by atoms with Crippen molar-refractivity contribution in [3.05, 3.63) is 96.2 Å². The minimum atomic E-state index is -0.796. The molecule has 1 heterocycles. The number of oxazole rings is 1. The topological polar surface area (TPSA) is 98.7 Å². The Labute approximate surface area is 204 Å². The molecule has 0 bridgehead atoms. The van der Waals surface area contributed by atoms with Gasteiger partial charge in [0.25, 0.3) is 5.91 Å². The fraction of sp³-hybridized carbons (Fsp3) is 0.250. The minimum absolute atomic E-state index is 0.0193. The molecule has 7 nitrogen and oxygen atoms in total. The number of amides is 2. The molecule has 0 saturated heterocycles. The SMILES string of the molecule is CC(C)(C)OC(=O)N(C(=O)c1coc(C(N)CCc2ccccc2)n1)c1ccc2ccccc2c1. The highest BCUT2D eigenvalue weighted by Crippen LogP contribution is 2.26. The molecule has 4 aromatic rings. The first kappa shape index (κ1) is 24.2. The van der Waals surface area contributed by atoms with Gasteiger partial charge in [-0.2, -0.15) is 0 Å². The van der Waals surface area contributed by atoms with Gasteiger partial charge in [-0.1, -0.05) is 60.7 Å². The summed E-state index contributed by atoms with van der Waals surface area (Å²) in [6.45, 7) is 5.23. The second-order valence-electron chi connectivity index (χ2n) is 9.35. The van der Waals surface area contributed by atoms with Gasteiger partial charge in [0.2, 0.25) is 5.89 Å². The number of anilines is 1. The van der Waals surface area contributed by atoms with Crippen LogP contribution in [0, 0.1) is 0 Å². The number of ether oxygens (including phenoxy) is 1. The van der Waals surface area contributed by atoms with E-state index in [1.165, 1.54) is 6.26 Å². The monoisotopic (exact) mass is 471 g/mol. The lowest BCUT2D eigenvalue weighted by molar-refractivity contribution is 0.0563. The number of carbonyl (C=O) groups is 2. The molecule has 35 heavy (non-hydrogen) atoms. The fourth-order valence-corrected chi connectivity index (χ4v) is 3.69. The molecule has 1 atom stereocenters. The Morgan fingerprint density at radius 1 is 1.00 bits per heavy atom. The van der Waals surface area contributed by atoms with Crippen molar-refractivity contribution in [2.24, 2.45) is 5.73 Å². The smallest absolute Gasteiger partial charge is 0.422 e. The molecule has 0 radical (unpaired) electrons. The first-order chi connectivity index (χ1) is 16.7. The number of fused-ring (bicyclic) bond motifs is 1. The van der Waals surface area contributed by atoms with Gasteiger partial charge in [-0.15, -0.1) is 0 Å². The van der Waals surface area contributed by atoms with Crippen molar-refractivity contribution in [2.75, 3.05) is 4.90 Å². The van der Waals surface area contributed by atoms with E-state index in [-0.39, 0.29) is 11.6 Å². The highest BCUT2D eigenvalue weighted by molar-refractivity contribution is 6.19. The lowest BCUT2D eigenvalue weighted by atomic mass is 10.1. The first-order valence-corrected chi connectivity index (χ1v) is 11.5. The summed E-state index contributed by atoms with van der Waals surface area (Å²) in [4.78, 5) is 31.9. The largest absolute Gasteiger partial charge is 0.446 e. The Bertz CT molecular complexity index is 1320. The van der Waals surface area contributed by atoms with Crippen LogP contribution in [0.15, 0.2) is 83.5 Å². The van der Waals surface area contributed by atoms with Gasteiger partial charge in [0, 0.05) is 0 Å². The van der Waals surface area contributed by atoms with Crippen molar-refractivity contribution in [1.29, 1.82) is 0 Å². The number of aryl methyl sites for hydroxylation is 1. The molecule has 0 aliphatic heterocycles. The maximum Gasteiger partial charge on any atom is 0.422 e. The molecule has 2 N–H and O–H groups in total. The number of nitrogens with zero attached hydrogens (tertiary/aromatic N) is 2. The van der Waals surface area contributed by atoms with Crippen LogP contribution in [0.25, 0.3) is 10.8 Å². The number of carbonyl (C=O) groups excluding carboxylic acids is 2. The summed E-state index contributed by atoms with van der Waals surface area (Å²) < 4.78 is 11.1. The van der Waals surface area contributed by atoms with Crippen LogP contribution in [0.2, 0.25) is 0 Å². The average molecular weight is 472 g/mol. The lowest BCUT2D eigenvalue weighted by Crippen LogP contribution is -2.41. The Morgan fingerprint density at radius 2 is 1.69 bits per heavy atom. The summed E-state index contributed by atoms with van der Waals surface area (Å²) >= 11 is 0. The number of hydrogen-bond acceptors (Lipinski definition) is 6. The van der Waals surface area contributed by atoms with Crippen LogP contribution >= 0.6 is 0 Å². The van der Waals surface area contributed by atoms with E-state index in [0.717, 1.165) is 27.7 Å². The van der Waals surface area contributed by atoms with E-state index >= 15 is 0 Å². The van der Waals surface area contributed by atoms with Crippen molar-refractivity contribution < 1.29 is 18.7 Å². The Kier molecular flexibility index (Phi) is 6.98. The molecule has 2 amide bonds. The zero-order valence-electron chi connectivity index (χ0n) is 20.1. The standard InChI is InChI=1S/C28H29N3O4/c1-28(2,3)35-27(33)31(22-15-14-20-11-7-8-12-21(20)17-22)26(32)24-18-34-25(30-24)23(29)16-13-19-9-5-4-6-10-19/h4-12,14-15,17-18,23H,13,16,29H2,1-3H3. The molecule has 3 aromatic carbocycles. The van der Waals surface area contributed by atoms with Gasteiger partial charge in [0.1, 0.15) is 11.9 Å². The summed E-state index contributed by atoms with van der Waals surface area (Å²) in [5, 5.41) is 1.87. The third-order valence-electron chi connectivity index (χ3n) is 5.42. The second-order valence-corrected chi connectivity index (χ2v) is 9.35. The van der Waals surface area contributed by atoms with E-state index in [1.807, 2.05) is 60.7 Å². The predicted octanol–water partition coefficient (Wildman–Crippen LogP) is 6.04. The lowest BCUT2D eigenvalue weighted by Gasteiger charge is -2.26. The van der Waals surface area contributed by atoms with Crippen molar-refractivity contribution in [2.45, 2.75) is 45.3 Å². The van der Waals surface area contributed by atoms with Gasteiger partial charge < -0.3 is 14.9 Å². The third-order valence-corrected chi connectivity index (χ3v) is 5.42. The highest BCUT2D eigenvalue weighted by atomic mass is 16.6. The predicted molar refractivity (Wildman–Crippen MR) is 135 cm³/mol. The molecule has 0 saturated carbocycles. The molecule has 180 valence electrons. The Balaban J connectivity index is 1.59. The quantitative estimate of drug-likeness (QED) is 0.368. The van der Waals surface area contributed by atoms with Crippen LogP contribution in [-0.4, -0.2) is 22.6 Å². The molecule has 4 rings (SSSR count). The van der Waals surface area contributed by atoms with Gasteiger partial charge in [-0.05, 0) is 62.1 Å². The molecule has 0 fully saturated rings. The van der Waals surface area contributed by atoms with Crippen molar-refractivity contribution >= 4 is 28.5 Å². The zero-order valence-corrected chi connectivity index (χ0v) is 20.1. The number of aromatic nitrogens is 1. The minimum Gasteiger partial charge on any atom is -0.446 e. The molecule has 1 unspecified atom stereocenters. The van der Waals surface area contributed by atoms with Gasteiger partial charge >= 0.3 is 6.09 Å². The number of nitrogens with two attached hydrogens (primary N) is 1. The van der Waals surface area contributed by atoms with Gasteiger partial charge in [0.05, 0.1) is 11.7 Å². The summed E-state index contributed by atoms with van der Waals surface area (Å²) in [5.41, 5.74) is 6.99. The summed E-state index contributed by atoms with van der Waals surface area (Å²) in [5.74, 6) is -0.410.